The highest BCUT2D eigenvalue weighted by Crippen LogP contribution is 2.26. The van der Waals surface area contributed by atoms with Crippen molar-refractivity contribution in [3.8, 4) is 0 Å². The van der Waals surface area contributed by atoms with Gasteiger partial charge in [-0.2, -0.15) is 0 Å². The van der Waals surface area contributed by atoms with Crippen molar-refractivity contribution < 1.29 is 4.74 Å². The molecule has 4 heteroatoms. The van der Waals surface area contributed by atoms with Crippen molar-refractivity contribution in [3.63, 3.8) is 0 Å². The van der Waals surface area contributed by atoms with Gasteiger partial charge in [-0.25, -0.2) is 0 Å². The first-order chi connectivity index (χ1) is 9.28. The second kappa shape index (κ2) is 5.53. The van der Waals surface area contributed by atoms with Gasteiger partial charge >= 0.3 is 0 Å². The summed E-state index contributed by atoms with van der Waals surface area (Å²) < 4.78 is 7.99. The molecule has 102 valence electrons. The summed E-state index contributed by atoms with van der Waals surface area (Å²) in [5, 5.41) is 2.03. The Morgan fingerprint density at radius 2 is 2.32 bits per heavy atom. The standard InChI is InChI=1S/C15H19ClN2O/c16-12-3-4-14-11(5-6-17)9-18(15(14)8-12)10-13-2-1-7-19-13/h3-4,8-9,13H,1-2,5-7,10,17H2. The van der Waals surface area contributed by atoms with E-state index in [2.05, 4.69) is 16.8 Å². The number of ether oxygens (including phenoxy) is 1. The Labute approximate surface area is 118 Å². The first kappa shape index (κ1) is 13.0. The third-order valence-electron chi connectivity index (χ3n) is 3.76. The summed E-state index contributed by atoms with van der Waals surface area (Å²) in [4.78, 5) is 0. The minimum absolute atomic E-state index is 0.334. The fourth-order valence-electron chi connectivity index (χ4n) is 2.85. The molecular formula is C15H19ClN2O. The predicted octanol–water partition coefficient (Wildman–Crippen LogP) is 2.97. The third kappa shape index (κ3) is 2.64. The van der Waals surface area contributed by atoms with Crippen molar-refractivity contribution in [2.24, 2.45) is 5.73 Å². The normalized spacial score (nSPS) is 19.4. The number of aromatic nitrogens is 1. The van der Waals surface area contributed by atoms with Gasteiger partial charge in [0.2, 0.25) is 0 Å². The smallest absolute Gasteiger partial charge is 0.0754 e. The molecule has 1 atom stereocenters. The number of hydrogen-bond donors (Lipinski definition) is 1. The van der Waals surface area contributed by atoms with Crippen LogP contribution in [-0.4, -0.2) is 23.8 Å². The zero-order chi connectivity index (χ0) is 13.2. The quantitative estimate of drug-likeness (QED) is 0.934. The lowest BCUT2D eigenvalue weighted by atomic mass is 10.1. The first-order valence-electron chi connectivity index (χ1n) is 6.87. The molecule has 1 fully saturated rings. The van der Waals surface area contributed by atoms with Crippen LogP contribution in [0.5, 0.6) is 0 Å². The molecule has 19 heavy (non-hydrogen) atoms. The van der Waals surface area contributed by atoms with Crippen molar-refractivity contribution in [2.75, 3.05) is 13.2 Å². The van der Waals surface area contributed by atoms with Gasteiger partial charge in [0.05, 0.1) is 6.10 Å². The van der Waals surface area contributed by atoms with Crippen molar-refractivity contribution in [1.29, 1.82) is 0 Å². The molecule has 0 amide bonds. The minimum atomic E-state index is 0.334. The zero-order valence-electron chi connectivity index (χ0n) is 10.9. The SMILES string of the molecule is NCCc1cn(CC2CCCO2)c2cc(Cl)ccc12. The molecule has 1 aromatic carbocycles. The van der Waals surface area contributed by atoms with E-state index in [0.717, 1.165) is 31.0 Å². The van der Waals surface area contributed by atoms with Gasteiger partial charge < -0.3 is 15.0 Å². The first-order valence-corrected chi connectivity index (χ1v) is 7.24. The number of nitrogens with zero attached hydrogens (tertiary/aromatic N) is 1. The van der Waals surface area contributed by atoms with Gasteiger partial charge in [0.15, 0.2) is 0 Å². The van der Waals surface area contributed by atoms with Crippen LogP contribution in [0.3, 0.4) is 0 Å². The Balaban J connectivity index is 1.99. The van der Waals surface area contributed by atoms with Crippen LogP contribution in [0, 0.1) is 0 Å². The van der Waals surface area contributed by atoms with E-state index < -0.39 is 0 Å². The molecule has 0 aliphatic carbocycles. The number of hydrogen-bond acceptors (Lipinski definition) is 2. The number of benzene rings is 1. The predicted molar refractivity (Wildman–Crippen MR) is 78.7 cm³/mol. The fraction of sp³-hybridized carbons (Fsp3) is 0.467. The average Bonchev–Trinajstić information content (AvgIpc) is 3.00. The Morgan fingerprint density at radius 1 is 1.42 bits per heavy atom. The lowest BCUT2D eigenvalue weighted by Crippen LogP contribution is -2.14. The summed E-state index contributed by atoms with van der Waals surface area (Å²) in [6, 6.07) is 6.07. The van der Waals surface area contributed by atoms with Gasteiger partial charge in [0.25, 0.3) is 0 Å². The molecule has 2 heterocycles. The van der Waals surface area contributed by atoms with Crippen LogP contribution in [0.1, 0.15) is 18.4 Å². The van der Waals surface area contributed by atoms with Crippen molar-refractivity contribution in [3.05, 3.63) is 35.0 Å². The molecule has 3 nitrogen and oxygen atoms in total. The second-order valence-electron chi connectivity index (χ2n) is 5.14. The fourth-order valence-corrected chi connectivity index (χ4v) is 3.02. The molecule has 2 aromatic rings. The molecule has 1 aliphatic heterocycles. The third-order valence-corrected chi connectivity index (χ3v) is 4.00. The number of rotatable bonds is 4. The molecular weight excluding hydrogens is 260 g/mol. The van der Waals surface area contributed by atoms with E-state index in [4.69, 9.17) is 22.1 Å². The highest BCUT2D eigenvalue weighted by molar-refractivity contribution is 6.31. The van der Waals surface area contributed by atoms with E-state index in [9.17, 15) is 0 Å². The van der Waals surface area contributed by atoms with Crippen LogP contribution in [0.25, 0.3) is 10.9 Å². The number of fused-ring (bicyclic) bond motifs is 1. The van der Waals surface area contributed by atoms with E-state index in [0.29, 0.717) is 12.6 Å². The molecule has 0 radical (unpaired) electrons. The zero-order valence-corrected chi connectivity index (χ0v) is 11.7. The van der Waals surface area contributed by atoms with Gasteiger partial charge in [-0.3, -0.25) is 0 Å². The summed E-state index contributed by atoms with van der Waals surface area (Å²) in [6.45, 7) is 2.46. The van der Waals surface area contributed by atoms with Gasteiger partial charge in [0.1, 0.15) is 0 Å². The summed E-state index contributed by atoms with van der Waals surface area (Å²) in [5.41, 5.74) is 8.18. The number of nitrogens with two attached hydrogens (primary N) is 1. The van der Waals surface area contributed by atoms with Gasteiger partial charge in [0, 0.05) is 35.3 Å². The lowest BCUT2D eigenvalue weighted by Gasteiger charge is -2.11. The second-order valence-corrected chi connectivity index (χ2v) is 5.58. The summed E-state index contributed by atoms with van der Waals surface area (Å²) in [7, 11) is 0. The Kier molecular flexibility index (Phi) is 3.78. The van der Waals surface area contributed by atoms with Crippen molar-refractivity contribution >= 4 is 22.5 Å². The maximum atomic E-state index is 6.12. The Bertz CT molecular complexity index is 573. The summed E-state index contributed by atoms with van der Waals surface area (Å²) >= 11 is 6.12. The molecule has 0 spiro atoms. The van der Waals surface area contributed by atoms with Crippen LogP contribution in [0.4, 0.5) is 0 Å². The van der Waals surface area contributed by atoms with E-state index in [1.165, 1.54) is 22.9 Å². The van der Waals surface area contributed by atoms with E-state index in [1.807, 2.05) is 12.1 Å². The Morgan fingerprint density at radius 3 is 3.05 bits per heavy atom. The molecule has 1 saturated heterocycles. The molecule has 1 aliphatic rings. The molecule has 3 rings (SSSR count). The highest BCUT2D eigenvalue weighted by atomic mass is 35.5. The highest BCUT2D eigenvalue weighted by Gasteiger charge is 2.18. The molecule has 0 bridgehead atoms. The Hall–Kier alpha value is -1.03. The van der Waals surface area contributed by atoms with Crippen molar-refractivity contribution in [1.82, 2.24) is 4.57 Å². The molecule has 0 saturated carbocycles. The lowest BCUT2D eigenvalue weighted by molar-refractivity contribution is 0.0980. The minimum Gasteiger partial charge on any atom is -0.376 e. The van der Waals surface area contributed by atoms with Gasteiger partial charge in [-0.1, -0.05) is 17.7 Å². The van der Waals surface area contributed by atoms with E-state index >= 15 is 0 Å². The average molecular weight is 279 g/mol. The summed E-state index contributed by atoms with van der Waals surface area (Å²) in [5.74, 6) is 0. The van der Waals surface area contributed by atoms with Gasteiger partial charge in [-0.15, -0.1) is 0 Å². The van der Waals surface area contributed by atoms with Crippen molar-refractivity contribution in [2.45, 2.75) is 31.9 Å². The van der Waals surface area contributed by atoms with E-state index in [-0.39, 0.29) is 0 Å². The molecule has 1 aromatic heterocycles. The van der Waals surface area contributed by atoms with E-state index in [1.54, 1.807) is 0 Å². The van der Waals surface area contributed by atoms with Crippen LogP contribution in [0.2, 0.25) is 5.02 Å². The van der Waals surface area contributed by atoms with Crippen LogP contribution in [-0.2, 0) is 17.7 Å². The maximum absolute atomic E-state index is 6.12. The van der Waals surface area contributed by atoms with Crippen LogP contribution < -0.4 is 5.73 Å². The van der Waals surface area contributed by atoms with Crippen LogP contribution in [0.15, 0.2) is 24.4 Å². The topological polar surface area (TPSA) is 40.2 Å². The number of halogens is 1. The summed E-state index contributed by atoms with van der Waals surface area (Å²) in [6.07, 6.45) is 5.75. The van der Waals surface area contributed by atoms with Crippen LogP contribution >= 0.6 is 11.6 Å². The molecule has 2 N–H and O–H groups in total. The maximum Gasteiger partial charge on any atom is 0.0754 e. The molecule has 1 unspecified atom stereocenters. The largest absolute Gasteiger partial charge is 0.376 e. The van der Waals surface area contributed by atoms with Gasteiger partial charge in [-0.05, 0) is 43.5 Å². The monoisotopic (exact) mass is 278 g/mol.